The Kier molecular flexibility index (Phi) is 5.99. The molecular formula is C18H21F2N3O4S. The molecule has 0 unspecified atom stereocenters. The van der Waals surface area contributed by atoms with E-state index in [1.807, 2.05) is 0 Å². The monoisotopic (exact) mass is 413 g/mol. The number of rotatable bonds is 6. The molecule has 1 aliphatic rings. The summed E-state index contributed by atoms with van der Waals surface area (Å²) in [6.07, 6.45) is 3.21. The molecule has 1 saturated heterocycles. The van der Waals surface area contributed by atoms with Crippen LogP contribution in [0.25, 0.3) is 0 Å². The topological polar surface area (TPSA) is 89.5 Å². The van der Waals surface area contributed by atoms with Gasteiger partial charge in [0.15, 0.2) is 21.5 Å². The molecule has 2 N–H and O–H groups in total. The van der Waals surface area contributed by atoms with E-state index in [1.165, 1.54) is 19.2 Å². The van der Waals surface area contributed by atoms with E-state index in [9.17, 15) is 17.2 Å². The first-order valence-corrected chi connectivity index (χ1v) is 10.5. The molecule has 0 bridgehead atoms. The van der Waals surface area contributed by atoms with Gasteiger partial charge in [-0.2, -0.15) is 0 Å². The van der Waals surface area contributed by atoms with Crippen molar-refractivity contribution in [3.63, 3.8) is 0 Å². The van der Waals surface area contributed by atoms with E-state index >= 15 is 0 Å². The summed E-state index contributed by atoms with van der Waals surface area (Å²) in [5.74, 6) is -1.52. The number of pyridine rings is 1. The zero-order chi connectivity index (χ0) is 20.3. The van der Waals surface area contributed by atoms with Gasteiger partial charge in [0, 0.05) is 6.26 Å². The minimum Gasteiger partial charge on any atom is -0.490 e. The molecule has 0 amide bonds. The summed E-state index contributed by atoms with van der Waals surface area (Å²) in [5, 5.41) is 5.91. The smallest absolute Gasteiger partial charge is 0.207 e. The number of nitrogens with zero attached hydrogens (tertiary/aromatic N) is 1. The number of nitrogens with one attached hydrogen (secondary N) is 2. The van der Waals surface area contributed by atoms with Gasteiger partial charge in [-0.25, -0.2) is 22.2 Å². The maximum absolute atomic E-state index is 14.3. The van der Waals surface area contributed by atoms with Crippen molar-refractivity contribution in [2.45, 2.75) is 23.8 Å². The standard InChI is InChI=1S/C18H21F2N3O4S/c1-26-17-16(27-11-5-7-21-8-6-11)14(20)10-22-18(17)23-15-4-3-12(9-13(15)19)28(2,24)25/h3-4,9-11,21H,5-8H2,1-2H3,(H,22,23). The second-order valence-electron chi connectivity index (χ2n) is 6.42. The maximum Gasteiger partial charge on any atom is 0.207 e. The van der Waals surface area contributed by atoms with Crippen LogP contribution in [0.2, 0.25) is 0 Å². The fourth-order valence-electron chi connectivity index (χ4n) is 2.88. The molecule has 7 nitrogen and oxygen atoms in total. The molecule has 1 fully saturated rings. The number of hydrogen-bond acceptors (Lipinski definition) is 7. The van der Waals surface area contributed by atoms with E-state index in [-0.39, 0.29) is 34.0 Å². The Hall–Kier alpha value is -2.46. The molecule has 0 radical (unpaired) electrons. The highest BCUT2D eigenvalue weighted by Crippen LogP contribution is 2.38. The summed E-state index contributed by atoms with van der Waals surface area (Å²) in [5.41, 5.74) is -0.0300. The summed E-state index contributed by atoms with van der Waals surface area (Å²) >= 11 is 0. The van der Waals surface area contributed by atoms with Crippen LogP contribution in [0.4, 0.5) is 20.3 Å². The van der Waals surface area contributed by atoms with E-state index in [4.69, 9.17) is 9.47 Å². The number of ether oxygens (including phenoxy) is 2. The average Bonchev–Trinajstić information content (AvgIpc) is 2.66. The van der Waals surface area contributed by atoms with Crippen molar-refractivity contribution in [3.05, 3.63) is 36.0 Å². The van der Waals surface area contributed by atoms with Gasteiger partial charge in [-0.05, 0) is 44.1 Å². The Labute approximate surface area is 162 Å². The molecule has 2 heterocycles. The average molecular weight is 413 g/mol. The Bertz CT molecular complexity index is 964. The second-order valence-corrected chi connectivity index (χ2v) is 8.44. The van der Waals surface area contributed by atoms with Gasteiger partial charge in [0.05, 0.1) is 23.9 Å². The Morgan fingerprint density at radius 2 is 1.89 bits per heavy atom. The molecule has 152 valence electrons. The molecule has 0 spiro atoms. The Morgan fingerprint density at radius 3 is 2.50 bits per heavy atom. The van der Waals surface area contributed by atoms with Crippen LogP contribution in [0.15, 0.2) is 29.3 Å². The lowest BCUT2D eigenvalue weighted by atomic mass is 10.1. The molecule has 2 aromatic rings. The van der Waals surface area contributed by atoms with Crippen molar-refractivity contribution in [2.75, 3.05) is 31.8 Å². The van der Waals surface area contributed by atoms with E-state index < -0.39 is 21.5 Å². The zero-order valence-electron chi connectivity index (χ0n) is 15.5. The van der Waals surface area contributed by atoms with E-state index in [0.717, 1.165) is 44.5 Å². The number of benzene rings is 1. The lowest BCUT2D eigenvalue weighted by Gasteiger charge is -2.25. The van der Waals surface area contributed by atoms with Crippen molar-refractivity contribution in [1.82, 2.24) is 10.3 Å². The predicted molar refractivity (Wildman–Crippen MR) is 100 cm³/mol. The number of sulfone groups is 1. The molecule has 1 aliphatic heterocycles. The molecule has 1 aromatic carbocycles. The van der Waals surface area contributed by atoms with Crippen LogP contribution in [0.5, 0.6) is 11.5 Å². The number of halogens is 2. The van der Waals surface area contributed by atoms with Crippen LogP contribution in [-0.4, -0.2) is 46.0 Å². The van der Waals surface area contributed by atoms with Crippen molar-refractivity contribution in [3.8, 4) is 11.5 Å². The van der Waals surface area contributed by atoms with E-state index in [0.29, 0.717) is 0 Å². The normalized spacial score (nSPS) is 15.3. The molecular weight excluding hydrogens is 392 g/mol. The first-order chi connectivity index (χ1) is 13.3. The van der Waals surface area contributed by atoms with Gasteiger partial charge >= 0.3 is 0 Å². The molecule has 1 aromatic heterocycles. The summed E-state index contributed by atoms with van der Waals surface area (Å²) in [6.45, 7) is 1.53. The lowest BCUT2D eigenvalue weighted by Crippen LogP contribution is -2.34. The van der Waals surface area contributed by atoms with Gasteiger partial charge in [0.1, 0.15) is 11.9 Å². The third-order valence-corrected chi connectivity index (χ3v) is 5.45. The van der Waals surface area contributed by atoms with Crippen molar-refractivity contribution < 1.29 is 26.7 Å². The largest absolute Gasteiger partial charge is 0.490 e. The molecule has 0 aliphatic carbocycles. The molecule has 3 rings (SSSR count). The zero-order valence-corrected chi connectivity index (χ0v) is 16.3. The van der Waals surface area contributed by atoms with Gasteiger partial charge in [-0.3, -0.25) is 0 Å². The summed E-state index contributed by atoms with van der Waals surface area (Å²) in [4.78, 5) is 3.77. The molecule has 0 atom stereocenters. The molecule has 10 heteroatoms. The van der Waals surface area contributed by atoms with Gasteiger partial charge in [-0.15, -0.1) is 0 Å². The minimum atomic E-state index is -3.54. The molecule has 0 saturated carbocycles. The van der Waals surface area contributed by atoms with Crippen molar-refractivity contribution in [2.24, 2.45) is 0 Å². The lowest BCUT2D eigenvalue weighted by molar-refractivity contribution is 0.149. The van der Waals surface area contributed by atoms with Crippen LogP contribution in [-0.2, 0) is 9.84 Å². The SMILES string of the molecule is COc1c(Nc2ccc(S(C)(=O)=O)cc2F)ncc(F)c1OC1CCNCC1. The first kappa shape index (κ1) is 20.3. The third-order valence-electron chi connectivity index (χ3n) is 4.34. The summed E-state index contributed by atoms with van der Waals surface area (Å²) in [6, 6.07) is 3.44. The highest BCUT2D eigenvalue weighted by Gasteiger charge is 2.23. The predicted octanol–water partition coefficient (Wildman–Crippen LogP) is 2.65. The molecule has 28 heavy (non-hydrogen) atoms. The van der Waals surface area contributed by atoms with Crippen molar-refractivity contribution >= 4 is 21.3 Å². The Balaban J connectivity index is 1.91. The Morgan fingerprint density at radius 1 is 1.18 bits per heavy atom. The van der Waals surface area contributed by atoms with E-state index in [2.05, 4.69) is 15.6 Å². The van der Waals surface area contributed by atoms with Gasteiger partial charge in [0.25, 0.3) is 0 Å². The summed E-state index contributed by atoms with van der Waals surface area (Å²) < 4.78 is 62.8. The minimum absolute atomic E-state index is 0.00474. The number of methoxy groups -OCH3 is 1. The number of anilines is 2. The fraction of sp³-hybridized carbons (Fsp3) is 0.389. The van der Waals surface area contributed by atoms with Crippen molar-refractivity contribution in [1.29, 1.82) is 0 Å². The van der Waals surface area contributed by atoms with Crippen LogP contribution < -0.4 is 20.1 Å². The number of hydrogen-bond donors (Lipinski definition) is 2. The van der Waals surface area contributed by atoms with Crippen LogP contribution in [0.1, 0.15) is 12.8 Å². The van der Waals surface area contributed by atoms with Gasteiger partial charge in [0.2, 0.25) is 11.5 Å². The van der Waals surface area contributed by atoms with Crippen LogP contribution >= 0.6 is 0 Å². The third kappa shape index (κ3) is 4.50. The van der Waals surface area contributed by atoms with Gasteiger partial charge < -0.3 is 20.1 Å². The fourth-order valence-corrected chi connectivity index (χ4v) is 3.51. The summed E-state index contributed by atoms with van der Waals surface area (Å²) in [7, 11) is -2.21. The second kappa shape index (κ2) is 8.27. The van der Waals surface area contributed by atoms with Crippen LogP contribution in [0, 0.1) is 11.6 Å². The highest BCUT2D eigenvalue weighted by molar-refractivity contribution is 7.90. The van der Waals surface area contributed by atoms with Gasteiger partial charge in [-0.1, -0.05) is 0 Å². The quantitative estimate of drug-likeness (QED) is 0.753. The first-order valence-electron chi connectivity index (χ1n) is 8.66. The highest BCUT2D eigenvalue weighted by atomic mass is 32.2. The van der Waals surface area contributed by atoms with Crippen LogP contribution in [0.3, 0.4) is 0 Å². The number of piperidine rings is 1. The van der Waals surface area contributed by atoms with E-state index in [1.54, 1.807) is 0 Å². The number of aromatic nitrogens is 1. The maximum atomic E-state index is 14.3.